The Kier molecular flexibility index (Phi) is 15.3. The zero-order valence-electron chi connectivity index (χ0n) is 14.8. The van der Waals surface area contributed by atoms with Crippen LogP contribution in [0.2, 0.25) is 0 Å². The zero-order valence-corrected chi connectivity index (χ0v) is 16.9. The molecule has 0 radical (unpaired) electrons. The monoisotopic (exact) mass is 430 g/mol. The fourth-order valence-corrected chi connectivity index (χ4v) is 3.37. The Morgan fingerprint density at radius 3 is 1.61 bits per heavy atom. The number of hydrogen-bond donors (Lipinski definition) is 0. The van der Waals surface area contributed by atoms with Gasteiger partial charge >= 0.3 is 0 Å². The minimum absolute atomic E-state index is 0.763. The molecular formula is C21H35IO. The van der Waals surface area contributed by atoms with Crippen LogP contribution >= 0.6 is 22.6 Å². The quantitative estimate of drug-likeness (QED) is 0.152. The van der Waals surface area contributed by atoms with E-state index in [0.717, 1.165) is 13.2 Å². The molecular weight excluding hydrogens is 395 g/mol. The van der Waals surface area contributed by atoms with Crippen LogP contribution < -0.4 is 0 Å². The van der Waals surface area contributed by atoms with Gasteiger partial charge in [0.15, 0.2) is 0 Å². The number of alkyl halides is 1. The van der Waals surface area contributed by atoms with Gasteiger partial charge in [-0.25, -0.2) is 0 Å². The van der Waals surface area contributed by atoms with Crippen molar-refractivity contribution in [3.05, 3.63) is 35.9 Å². The summed E-state index contributed by atoms with van der Waals surface area (Å²) in [5, 5.41) is 0. The van der Waals surface area contributed by atoms with E-state index >= 15 is 0 Å². The van der Waals surface area contributed by atoms with Crippen molar-refractivity contribution in [2.75, 3.05) is 11.0 Å². The SMILES string of the molecule is ICCCCCCCCCCCCCCOCc1ccccc1. The lowest BCUT2D eigenvalue weighted by Gasteiger charge is -2.05. The second-order valence-electron chi connectivity index (χ2n) is 6.47. The summed E-state index contributed by atoms with van der Waals surface area (Å²) in [6, 6.07) is 10.5. The van der Waals surface area contributed by atoms with Crippen LogP contribution in [0.1, 0.15) is 82.6 Å². The molecule has 0 atom stereocenters. The highest BCUT2D eigenvalue weighted by atomic mass is 127. The third-order valence-corrected chi connectivity index (χ3v) is 5.05. The van der Waals surface area contributed by atoms with Crippen LogP contribution in [-0.2, 0) is 11.3 Å². The fraction of sp³-hybridized carbons (Fsp3) is 0.714. The van der Waals surface area contributed by atoms with E-state index in [1.165, 1.54) is 87.0 Å². The largest absolute Gasteiger partial charge is 0.377 e. The minimum atomic E-state index is 0.763. The third kappa shape index (κ3) is 14.0. The maximum absolute atomic E-state index is 5.72. The minimum Gasteiger partial charge on any atom is -0.377 e. The molecule has 1 aromatic carbocycles. The van der Waals surface area contributed by atoms with E-state index in [0.29, 0.717) is 0 Å². The molecule has 0 unspecified atom stereocenters. The smallest absolute Gasteiger partial charge is 0.0716 e. The van der Waals surface area contributed by atoms with Gasteiger partial charge in [-0.1, -0.05) is 117 Å². The molecule has 1 aromatic rings. The first-order valence-corrected chi connectivity index (χ1v) is 11.1. The Balaban J connectivity index is 1.72. The van der Waals surface area contributed by atoms with Crippen molar-refractivity contribution in [3.8, 4) is 0 Å². The molecule has 0 heterocycles. The summed E-state index contributed by atoms with van der Waals surface area (Å²) in [5.41, 5.74) is 1.28. The first-order chi connectivity index (χ1) is 11.4. The van der Waals surface area contributed by atoms with Gasteiger partial charge in [-0.2, -0.15) is 0 Å². The van der Waals surface area contributed by atoms with Gasteiger partial charge in [0.05, 0.1) is 6.61 Å². The Labute approximate surface area is 157 Å². The lowest BCUT2D eigenvalue weighted by atomic mass is 10.1. The van der Waals surface area contributed by atoms with Gasteiger partial charge in [0.1, 0.15) is 0 Å². The van der Waals surface area contributed by atoms with Gasteiger partial charge in [0.2, 0.25) is 0 Å². The van der Waals surface area contributed by atoms with Crippen LogP contribution in [0.15, 0.2) is 30.3 Å². The fourth-order valence-electron chi connectivity index (χ4n) is 2.83. The van der Waals surface area contributed by atoms with Gasteiger partial charge in [0, 0.05) is 6.61 Å². The first-order valence-electron chi connectivity index (χ1n) is 9.61. The highest BCUT2D eigenvalue weighted by molar-refractivity contribution is 14.1. The number of ether oxygens (including phenoxy) is 1. The van der Waals surface area contributed by atoms with Crippen LogP contribution in [0.25, 0.3) is 0 Å². The first kappa shape index (κ1) is 21.0. The van der Waals surface area contributed by atoms with Crippen LogP contribution in [-0.4, -0.2) is 11.0 Å². The number of unbranched alkanes of at least 4 members (excludes halogenated alkanes) is 11. The van der Waals surface area contributed by atoms with E-state index in [1.807, 2.05) is 0 Å². The number of halogens is 1. The molecule has 0 saturated carbocycles. The van der Waals surface area contributed by atoms with Crippen molar-refractivity contribution >= 4 is 22.6 Å². The molecule has 0 saturated heterocycles. The van der Waals surface area contributed by atoms with E-state index in [2.05, 4.69) is 52.9 Å². The van der Waals surface area contributed by atoms with Crippen molar-refractivity contribution in [2.45, 2.75) is 83.7 Å². The van der Waals surface area contributed by atoms with Crippen molar-refractivity contribution in [1.82, 2.24) is 0 Å². The molecule has 1 nitrogen and oxygen atoms in total. The summed E-state index contributed by atoms with van der Waals surface area (Å²) in [5.74, 6) is 0. The van der Waals surface area contributed by atoms with Crippen LogP contribution in [0.5, 0.6) is 0 Å². The second kappa shape index (κ2) is 16.8. The van der Waals surface area contributed by atoms with E-state index < -0.39 is 0 Å². The van der Waals surface area contributed by atoms with Gasteiger partial charge in [-0.3, -0.25) is 0 Å². The second-order valence-corrected chi connectivity index (χ2v) is 7.55. The summed E-state index contributed by atoms with van der Waals surface area (Å²) in [6.45, 7) is 1.67. The van der Waals surface area contributed by atoms with Crippen molar-refractivity contribution in [2.24, 2.45) is 0 Å². The summed E-state index contributed by atoms with van der Waals surface area (Å²) < 4.78 is 7.05. The Morgan fingerprint density at radius 2 is 1.09 bits per heavy atom. The van der Waals surface area contributed by atoms with E-state index in [-0.39, 0.29) is 0 Å². The third-order valence-electron chi connectivity index (χ3n) is 4.28. The molecule has 0 aliphatic heterocycles. The molecule has 132 valence electrons. The topological polar surface area (TPSA) is 9.23 Å². The van der Waals surface area contributed by atoms with Gasteiger partial charge < -0.3 is 4.74 Å². The number of benzene rings is 1. The maximum Gasteiger partial charge on any atom is 0.0716 e. The predicted octanol–water partition coefficient (Wildman–Crippen LogP) is 7.32. The summed E-state index contributed by atoms with van der Waals surface area (Å²) in [6.07, 6.45) is 16.9. The molecule has 0 bridgehead atoms. The van der Waals surface area contributed by atoms with Crippen molar-refractivity contribution < 1.29 is 4.74 Å². The highest BCUT2D eigenvalue weighted by Gasteiger charge is 1.95. The number of rotatable bonds is 16. The average Bonchev–Trinajstić information content (AvgIpc) is 2.59. The number of hydrogen-bond acceptors (Lipinski definition) is 1. The molecule has 2 heteroatoms. The average molecular weight is 430 g/mol. The Hall–Kier alpha value is -0.0900. The summed E-state index contributed by atoms with van der Waals surface area (Å²) in [4.78, 5) is 0. The molecule has 0 aliphatic carbocycles. The van der Waals surface area contributed by atoms with E-state index in [9.17, 15) is 0 Å². The molecule has 1 rings (SSSR count). The standard InChI is InChI=1S/C21H35IO/c22-18-14-9-7-5-3-1-2-4-6-8-10-15-19-23-20-21-16-12-11-13-17-21/h11-13,16-17H,1-10,14-15,18-20H2. The zero-order chi connectivity index (χ0) is 16.4. The molecule has 0 N–H and O–H groups in total. The molecule has 0 aromatic heterocycles. The van der Waals surface area contributed by atoms with Crippen molar-refractivity contribution in [3.63, 3.8) is 0 Å². The Bertz CT molecular complexity index is 339. The van der Waals surface area contributed by atoms with Gasteiger partial charge in [-0.05, 0) is 22.8 Å². The van der Waals surface area contributed by atoms with E-state index in [4.69, 9.17) is 4.74 Å². The van der Waals surface area contributed by atoms with Crippen LogP contribution in [0.4, 0.5) is 0 Å². The molecule has 0 amide bonds. The lowest BCUT2D eigenvalue weighted by molar-refractivity contribution is 0.116. The molecule has 0 fully saturated rings. The molecule has 0 spiro atoms. The maximum atomic E-state index is 5.72. The molecule has 23 heavy (non-hydrogen) atoms. The highest BCUT2D eigenvalue weighted by Crippen LogP contribution is 2.12. The van der Waals surface area contributed by atoms with Gasteiger partial charge in [0.25, 0.3) is 0 Å². The van der Waals surface area contributed by atoms with Crippen LogP contribution in [0, 0.1) is 0 Å². The van der Waals surface area contributed by atoms with Crippen molar-refractivity contribution in [1.29, 1.82) is 0 Å². The van der Waals surface area contributed by atoms with Crippen LogP contribution in [0.3, 0.4) is 0 Å². The lowest BCUT2D eigenvalue weighted by Crippen LogP contribution is -1.95. The summed E-state index contributed by atoms with van der Waals surface area (Å²) >= 11 is 2.48. The normalized spacial score (nSPS) is 11.0. The van der Waals surface area contributed by atoms with E-state index in [1.54, 1.807) is 0 Å². The summed E-state index contributed by atoms with van der Waals surface area (Å²) in [7, 11) is 0. The Morgan fingerprint density at radius 1 is 0.609 bits per heavy atom. The molecule has 0 aliphatic rings. The van der Waals surface area contributed by atoms with Gasteiger partial charge in [-0.15, -0.1) is 0 Å². The predicted molar refractivity (Wildman–Crippen MR) is 110 cm³/mol.